The molecule has 140 valence electrons. The highest BCUT2D eigenvalue weighted by Crippen LogP contribution is 2.24. The summed E-state index contributed by atoms with van der Waals surface area (Å²) in [7, 11) is 0. The van der Waals surface area contributed by atoms with Crippen LogP contribution in [0.3, 0.4) is 0 Å². The van der Waals surface area contributed by atoms with E-state index in [-0.39, 0.29) is 24.3 Å². The van der Waals surface area contributed by atoms with Crippen LogP contribution in [0.1, 0.15) is 19.3 Å². The molecule has 2 aromatic rings. The Hall–Kier alpha value is -2.38. The smallest absolute Gasteiger partial charge is 0.240 e. The van der Waals surface area contributed by atoms with Gasteiger partial charge >= 0.3 is 0 Å². The first-order valence-corrected chi connectivity index (χ1v) is 9.97. The molecule has 2 N–H and O–H groups in total. The molecule has 6 nitrogen and oxygen atoms in total. The van der Waals surface area contributed by atoms with Crippen LogP contribution in [-0.2, 0) is 14.3 Å². The number of ether oxygens (including phenoxy) is 1. The van der Waals surface area contributed by atoms with Gasteiger partial charge in [0.1, 0.15) is 5.25 Å². The van der Waals surface area contributed by atoms with E-state index in [2.05, 4.69) is 15.6 Å². The SMILES string of the molecule is O=C(C[C@@H]1SC(=NC[C@@H]2CCCO2)NC1=O)Nc1ccc2ccccc2c1. The standard InChI is InChI=1S/C20H21N3O3S/c24-18(22-15-8-7-13-4-1-2-5-14(13)10-15)11-17-19(25)23-20(27-17)21-12-16-6-3-9-26-16/h1-2,4-5,7-8,10,16-17H,3,6,9,11-12H2,(H,22,24)(H,21,23,25)/t16-,17-/m0/s1. The average Bonchev–Trinajstić information content (AvgIpc) is 3.30. The van der Waals surface area contributed by atoms with Gasteiger partial charge in [-0.1, -0.05) is 42.1 Å². The van der Waals surface area contributed by atoms with Crippen molar-refractivity contribution in [2.75, 3.05) is 18.5 Å². The van der Waals surface area contributed by atoms with Crippen LogP contribution in [0.5, 0.6) is 0 Å². The number of aliphatic imine (C=N–C) groups is 1. The van der Waals surface area contributed by atoms with E-state index in [1.807, 2.05) is 42.5 Å². The van der Waals surface area contributed by atoms with Gasteiger partial charge in [0.15, 0.2) is 5.17 Å². The predicted octanol–water partition coefficient (Wildman–Crippen LogP) is 2.94. The number of thioether (sulfide) groups is 1. The molecule has 0 spiro atoms. The Bertz CT molecular complexity index is 893. The van der Waals surface area contributed by atoms with Crippen molar-refractivity contribution in [1.29, 1.82) is 0 Å². The molecule has 0 aromatic heterocycles. The second kappa shape index (κ2) is 8.10. The molecule has 0 aliphatic carbocycles. The lowest BCUT2D eigenvalue weighted by atomic mass is 10.1. The zero-order valence-corrected chi connectivity index (χ0v) is 15.6. The molecule has 0 unspecified atom stereocenters. The number of hydrogen-bond donors (Lipinski definition) is 2. The second-order valence-electron chi connectivity index (χ2n) is 6.69. The van der Waals surface area contributed by atoms with Crippen LogP contribution < -0.4 is 10.6 Å². The summed E-state index contributed by atoms with van der Waals surface area (Å²) < 4.78 is 5.53. The number of nitrogens with one attached hydrogen (secondary N) is 2. The van der Waals surface area contributed by atoms with Gasteiger partial charge in [-0.3, -0.25) is 14.6 Å². The van der Waals surface area contributed by atoms with Crippen molar-refractivity contribution in [2.45, 2.75) is 30.6 Å². The van der Waals surface area contributed by atoms with E-state index in [0.29, 0.717) is 11.7 Å². The first-order valence-electron chi connectivity index (χ1n) is 9.09. The number of nitrogens with zero attached hydrogens (tertiary/aromatic N) is 1. The normalized spacial score (nSPS) is 23.7. The van der Waals surface area contributed by atoms with Crippen LogP contribution in [0, 0.1) is 0 Å². The Kier molecular flexibility index (Phi) is 5.40. The molecular formula is C20H21N3O3S. The lowest BCUT2D eigenvalue weighted by Gasteiger charge is -2.08. The van der Waals surface area contributed by atoms with Gasteiger partial charge in [-0.15, -0.1) is 0 Å². The average molecular weight is 383 g/mol. The first kappa shape index (κ1) is 18.0. The number of rotatable bonds is 5. The predicted molar refractivity (Wildman–Crippen MR) is 108 cm³/mol. The summed E-state index contributed by atoms with van der Waals surface area (Å²) >= 11 is 1.32. The number of carbonyl (C=O) groups is 2. The molecule has 7 heteroatoms. The fourth-order valence-corrected chi connectivity index (χ4v) is 4.21. The number of amidine groups is 1. The van der Waals surface area contributed by atoms with Crippen LogP contribution in [0.2, 0.25) is 0 Å². The third kappa shape index (κ3) is 4.48. The quantitative estimate of drug-likeness (QED) is 0.832. The summed E-state index contributed by atoms with van der Waals surface area (Å²) in [6, 6.07) is 13.7. The van der Waals surface area contributed by atoms with Crippen molar-refractivity contribution in [3.05, 3.63) is 42.5 Å². The highest BCUT2D eigenvalue weighted by atomic mass is 32.2. The highest BCUT2D eigenvalue weighted by Gasteiger charge is 2.32. The molecule has 2 aliphatic rings. The van der Waals surface area contributed by atoms with Gasteiger partial charge in [0, 0.05) is 18.7 Å². The third-order valence-electron chi connectivity index (χ3n) is 4.64. The zero-order chi connectivity index (χ0) is 18.6. The van der Waals surface area contributed by atoms with E-state index in [1.54, 1.807) is 0 Å². The summed E-state index contributed by atoms with van der Waals surface area (Å²) in [6.07, 6.45) is 2.33. The highest BCUT2D eigenvalue weighted by molar-refractivity contribution is 8.15. The van der Waals surface area contributed by atoms with E-state index >= 15 is 0 Å². The minimum absolute atomic E-state index is 0.113. The fourth-order valence-electron chi connectivity index (χ4n) is 3.24. The van der Waals surface area contributed by atoms with Crippen LogP contribution in [-0.4, -0.2) is 41.5 Å². The van der Waals surface area contributed by atoms with Crippen molar-refractivity contribution >= 4 is 45.2 Å². The maximum absolute atomic E-state index is 12.4. The molecule has 0 radical (unpaired) electrons. The van der Waals surface area contributed by atoms with E-state index in [4.69, 9.17) is 4.74 Å². The lowest BCUT2D eigenvalue weighted by Crippen LogP contribution is -2.28. The second-order valence-corrected chi connectivity index (χ2v) is 7.88. The van der Waals surface area contributed by atoms with Crippen LogP contribution >= 0.6 is 11.8 Å². The molecule has 27 heavy (non-hydrogen) atoms. The number of fused-ring (bicyclic) bond motifs is 1. The summed E-state index contributed by atoms with van der Waals surface area (Å²) in [5.74, 6) is -0.349. The molecule has 2 saturated heterocycles. The van der Waals surface area contributed by atoms with E-state index in [1.165, 1.54) is 11.8 Å². The Morgan fingerprint density at radius 2 is 2.11 bits per heavy atom. The summed E-state index contributed by atoms with van der Waals surface area (Å²) in [5, 5.41) is 7.95. The Morgan fingerprint density at radius 1 is 1.26 bits per heavy atom. The van der Waals surface area contributed by atoms with Crippen LogP contribution in [0.15, 0.2) is 47.5 Å². The minimum atomic E-state index is -0.450. The molecule has 0 bridgehead atoms. The van der Waals surface area contributed by atoms with Crippen molar-refractivity contribution < 1.29 is 14.3 Å². The number of anilines is 1. The molecule has 2 fully saturated rings. The van der Waals surface area contributed by atoms with Gasteiger partial charge in [0.25, 0.3) is 0 Å². The lowest BCUT2D eigenvalue weighted by molar-refractivity contribution is -0.122. The van der Waals surface area contributed by atoms with Crippen molar-refractivity contribution in [1.82, 2.24) is 5.32 Å². The number of carbonyl (C=O) groups excluding carboxylic acids is 2. The zero-order valence-electron chi connectivity index (χ0n) is 14.8. The van der Waals surface area contributed by atoms with Crippen molar-refractivity contribution in [2.24, 2.45) is 4.99 Å². The Labute approximate surface area is 161 Å². The summed E-state index contributed by atoms with van der Waals surface area (Å²) in [4.78, 5) is 28.9. The van der Waals surface area contributed by atoms with Crippen LogP contribution in [0.4, 0.5) is 5.69 Å². The maximum Gasteiger partial charge on any atom is 0.240 e. The van der Waals surface area contributed by atoms with Crippen molar-refractivity contribution in [3.8, 4) is 0 Å². The molecular weight excluding hydrogens is 362 g/mol. The third-order valence-corrected chi connectivity index (χ3v) is 5.76. The van der Waals surface area contributed by atoms with Gasteiger partial charge < -0.3 is 15.4 Å². The topological polar surface area (TPSA) is 79.8 Å². The number of benzene rings is 2. The van der Waals surface area contributed by atoms with Gasteiger partial charge in [-0.05, 0) is 35.7 Å². The van der Waals surface area contributed by atoms with E-state index < -0.39 is 5.25 Å². The number of amides is 2. The monoisotopic (exact) mass is 383 g/mol. The number of hydrogen-bond acceptors (Lipinski definition) is 5. The summed E-state index contributed by atoms with van der Waals surface area (Å²) in [6.45, 7) is 1.34. The maximum atomic E-state index is 12.4. The molecule has 2 heterocycles. The molecule has 2 atom stereocenters. The molecule has 4 rings (SSSR count). The molecule has 0 saturated carbocycles. The Balaban J connectivity index is 1.33. The fraction of sp³-hybridized carbons (Fsp3) is 0.350. The van der Waals surface area contributed by atoms with Gasteiger partial charge in [0.05, 0.1) is 12.6 Å². The van der Waals surface area contributed by atoms with Crippen molar-refractivity contribution in [3.63, 3.8) is 0 Å². The minimum Gasteiger partial charge on any atom is -0.376 e. The van der Waals surface area contributed by atoms with Crippen LogP contribution in [0.25, 0.3) is 10.8 Å². The molecule has 2 amide bonds. The van der Waals surface area contributed by atoms with E-state index in [9.17, 15) is 9.59 Å². The van der Waals surface area contributed by atoms with E-state index in [0.717, 1.165) is 35.9 Å². The first-order chi connectivity index (χ1) is 13.2. The summed E-state index contributed by atoms with van der Waals surface area (Å²) in [5.41, 5.74) is 0.731. The largest absolute Gasteiger partial charge is 0.376 e. The van der Waals surface area contributed by atoms with Gasteiger partial charge in [-0.2, -0.15) is 0 Å². The van der Waals surface area contributed by atoms with Gasteiger partial charge in [0.2, 0.25) is 11.8 Å². The molecule has 2 aromatic carbocycles. The molecule has 2 aliphatic heterocycles. The van der Waals surface area contributed by atoms with Gasteiger partial charge in [-0.25, -0.2) is 0 Å². The Morgan fingerprint density at radius 3 is 2.93 bits per heavy atom.